The lowest BCUT2D eigenvalue weighted by atomic mass is 10.1. The summed E-state index contributed by atoms with van der Waals surface area (Å²) in [5.41, 5.74) is -2.88. The lowest BCUT2D eigenvalue weighted by molar-refractivity contribution is -0.139. The molecular weight excluding hydrogens is 247 g/mol. The van der Waals surface area contributed by atoms with E-state index in [0.717, 1.165) is 0 Å². The molecule has 2 atom stereocenters. The Balaban J connectivity index is 2.99. The second-order valence-electron chi connectivity index (χ2n) is 4.58. The van der Waals surface area contributed by atoms with Crippen molar-refractivity contribution in [2.24, 2.45) is 17.3 Å². The molecule has 0 bridgehead atoms. The second-order valence-corrected chi connectivity index (χ2v) is 4.58. The van der Waals surface area contributed by atoms with Crippen molar-refractivity contribution in [1.82, 2.24) is 0 Å². The fraction of sp³-hybridized carbons (Fsp3) is 0.700. The first-order chi connectivity index (χ1) is 7.49. The highest BCUT2D eigenvalue weighted by Crippen LogP contribution is 2.60. The summed E-state index contributed by atoms with van der Waals surface area (Å²) in [5.74, 6) is -3.32. The maximum absolute atomic E-state index is 12.2. The zero-order valence-electron chi connectivity index (χ0n) is 9.05. The van der Waals surface area contributed by atoms with Crippen LogP contribution in [-0.4, -0.2) is 23.7 Å². The summed E-state index contributed by atoms with van der Waals surface area (Å²) in [5, 5.41) is 8.72. The Labute approximate surface area is 94.1 Å². The third-order valence-corrected chi connectivity index (χ3v) is 3.10. The number of allylic oxidation sites excluding steroid dienone is 2. The van der Waals surface area contributed by atoms with Crippen LogP contribution in [0, 0.1) is 17.3 Å². The Morgan fingerprint density at radius 1 is 1.35 bits per heavy atom. The molecule has 17 heavy (non-hydrogen) atoms. The average Bonchev–Trinajstić information content (AvgIpc) is 2.60. The average molecular weight is 258 g/mol. The molecule has 0 aromatic heterocycles. The van der Waals surface area contributed by atoms with Crippen LogP contribution in [0.4, 0.5) is 22.0 Å². The van der Waals surface area contributed by atoms with Crippen LogP contribution in [0.5, 0.6) is 0 Å². The molecule has 2 unspecified atom stereocenters. The maximum atomic E-state index is 12.2. The fourth-order valence-corrected chi connectivity index (χ4v) is 1.94. The molecule has 0 amide bonds. The first-order valence-electron chi connectivity index (χ1n) is 4.79. The Hall–Kier alpha value is -1.14. The zero-order valence-corrected chi connectivity index (χ0v) is 9.05. The number of carbonyl (C=O) groups is 1. The van der Waals surface area contributed by atoms with Gasteiger partial charge in [-0.1, -0.05) is 19.9 Å². The largest absolute Gasteiger partial charge is 0.481 e. The summed E-state index contributed by atoms with van der Waals surface area (Å²) < 4.78 is 61.2. The Kier molecular flexibility index (Phi) is 3.24. The predicted octanol–water partition coefficient (Wildman–Crippen LogP) is 3.10. The third kappa shape index (κ3) is 2.58. The van der Waals surface area contributed by atoms with Crippen LogP contribution in [0.3, 0.4) is 0 Å². The Bertz CT molecular complexity index is 356. The van der Waals surface area contributed by atoms with E-state index in [4.69, 9.17) is 5.11 Å². The van der Waals surface area contributed by atoms with E-state index in [2.05, 4.69) is 0 Å². The summed E-state index contributed by atoms with van der Waals surface area (Å²) in [7, 11) is 0. The van der Waals surface area contributed by atoms with Crippen molar-refractivity contribution >= 4 is 5.97 Å². The first-order valence-corrected chi connectivity index (χ1v) is 4.79. The van der Waals surface area contributed by atoms with Crippen molar-refractivity contribution in [3.8, 4) is 0 Å². The van der Waals surface area contributed by atoms with Gasteiger partial charge in [0.2, 0.25) is 0 Å². The van der Waals surface area contributed by atoms with Crippen molar-refractivity contribution in [3.63, 3.8) is 0 Å². The fourth-order valence-electron chi connectivity index (χ4n) is 1.94. The smallest absolute Gasteiger partial charge is 0.417 e. The number of halogens is 5. The molecule has 1 fully saturated rings. The number of alkyl halides is 5. The minimum absolute atomic E-state index is 0.351. The number of rotatable bonds is 3. The van der Waals surface area contributed by atoms with Crippen LogP contribution in [0.2, 0.25) is 0 Å². The van der Waals surface area contributed by atoms with Crippen LogP contribution in [0.1, 0.15) is 13.8 Å². The number of carboxylic acids is 1. The topological polar surface area (TPSA) is 37.3 Å². The van der Waals surface area contributed by atoms with Crippen LogP contribution in [-0.2, 0) is 4.79 Å². The van der Waals surface area contributed by atoms with Gasteiger partial charge >= 0.3 is 12.1 Å². The van der Waals surface area contributed by atoms with Crippen molar-refractivity contribution < 1.29 is 31.9 Å². The van der Waals surface area contributed by atoms with Crippen LogP contribution in [0.15, 0.2) is 11.6 Å². The summed E-state index contributed by atoms with van der Waals surface area (Å²) >= 11 is 0. The van der Waals surface area contributed by atoms with E-state index in [9.17, 15) is 26.7 Å². The zero-order chi connectivity index (χ0) is 13.6. The van der Waals surface area contributed by atoms with E-state index in [1.54, 1.807) is 0 Å². The first kappa shape index (κ1) is 13.9. The molecule has 1 saturated carbocycles. The molecule has 98 valence electrons. The van der Waals surface area contributed by atoms with E-state index in [-0.39, 0.29) is 0 Å². The van der Waals surface area contributed by atoms with E-state index >= 15 is 0 Å². The summed E-state index contributed by atoms with van der Waals surface area (Å²) in [6.07, 6.45) is -8.43. The lowest BCUT2D eigenvalue weighted by Crippen LogP contribution is -2.19. The second kappa shape index (κ2) is 3.96. The van der Waals surface area contributed by atoms with E-state index in [0.29, 0.717) is 6.08 Å². The number of carboxylic acid groups (broad SMARTS) is 1. The van der Waals surface area contributed by atoms with Gasteiger partial charge in [0.05, 0.1) is 11.5 Å². The SMILES string of the molecule is CC1(C)C(C=C(C(F)F)C(F)(F)F)C1C(=O)O. The lowest BCUT2D eigenvalue weighted by Gasteiger charge is -2.10. The molecule has 0 aromatic carbocycles. The molecule has 1 N–H and O–H groups in total. The van der Waals surface area contributed by atoms with Crippen LogP contribution in [0.25, 0.3) is 0 Å². The van der Waals surface area contributed by atoms with Gasteiger partial charge in [0.15, 0.2) is 0 Å². The van der Waals surface area contributed by atoms with Crippen molar-refractivity contribution in [2.75, 3.05) is 0 Å². The molecule has 0 spiro atoms. The standard InChI is InChI=1S/C10H11F5O2/c1-9(2)4(6(9)8(16)17)3-5(7(11)12)10(13,14)15/h3-4,6-7H,1-2H3,(H,16,17). The number of hydrogen-bond donors (Lipinski definition) is 1. The molecule has 0 heterocycles. The van der Waals surface area contributed by atoms with E-state index in [1.807, 2.05) is 0 Å². The van der Waals surface area contributed by atoms with Gasteiger partial charge in [-0.3, -0.25) is 4.79 Å². The van der Waals surface area contributed by atoms with Gasteiger partial charge in [-0.05, 0) is 11.3 Å². The van der Waals surface area contributed by atoms with Gasteiger partial charge in [0.25, 0.3) is 6.43 Å². The van der Waals surface area contributed by atoms with E-state index < -0.39 is 41.4 Å². The van der Waals surface area contributed by atoms with Gasteiger partial charge in [-0.2, -0.15) is 13.2 Å². The predicted molar refractivity (Wildman–Crippen MR) is 48.5 cm³/mol. The summed E-state index contributed by atoms with van der Waals surface area (Å²) in [4.78, 5) is 10.7. The molecule has 0 radical (unpaired) electrons. The van der Waals surface area contributed by atoms with E-state index in [1.165, 1.54) is 13.8 Å². The highest BCUT2D eigenvalue weighted by atomic mass is 19.4. The summed E-state index contributed by atoms with van der Waals surface area (Å²) in [6.45, 7) is 2.87. The quantitative estimate of drug-likeness (QED) is 0.624. The van der Waals surface area contributed by atoms with Gasteiger partial charge in [-0.25, -0.2) is 8.78 Å². The molecule has 1 rings (SSSR count). The minimum Gasteiger partial charge on any atom is -0.481 e. The monoisotopic (exact) mass is 258 g/mol. The normalized spacial score (nSPS) is 28.4. The van der Waals surface area contributed by atoms with Gasteiger partial charge < -0.3 is 5.11 Å². The van der Waals surface area contributed by atoms with Crippen molar-refractivity contribution in [3.05, 3.63) is 11.6 Å². The molecule has 0 aromatic rings. The molecule has 0 aliphatic heterocycles. The summed E-state index contributed by atoms with van der Waals surface area (Å²) in [6, 6.07) is 0. The van der Waals surface area contributed by atoms with Gasteiger partial charge in [0, 0.05) is 0 Å². The maximum Gasteiger partial charge on any atom is 0.417 e. The number of hydrogen-bond acceptors (Lipinski definition) is 1. The van der Waals surface area contributed by atoms with Crippen molar-refractivity contribution in [1.29, 1.82) is 0 Å². The van der Waals surface area contributed by atoms with Crippen LogP contribution >= 0.6 is 0 Å². The Morgan fingerprint density at radius 3 is 2.06 bits per heavy atom. The minimum atomic E-state index is -5.13. The molecule has 1 aliphatic carbocycles. The highest BCUT2D eigenvalue weighted by molar-refractivity contribution is 5.76. The van der Waals surface area contributed by atoms with Gasteiger partial charge in [-0.15, -0.1) is 0 Å². The molecule has 2 nitrogen and oxygen atoms in total. The van der Waals surface area contributed by atoms with Crippen molar-refractivity contribution in [2.45, 2.75) is 26.4 Å². The molecule has 7 heteroatoms. The van der Waals surface area contributed by atoms with Crippen LogP contribution < -0.4 is 0 Å². The number of aliphatic carboxylic acids is 1. The molecule has 1 aliphatic rings. The Morgan fingerprint density at radius 2 is 1.82 bits per heavy atom. The molecular formula is C10H11F5O2. The third-order valence-electron chi connectivity index (χ3n) is 3.10. The molecule has 0 saturated heterocycles. The van der Waals surface area contributed by atoms with Gasteiger partial charge in [0.1, 0.15) is 0 Å². The highest BCUT2D eigenvalue weighted by Gasteiger charge is 2.62.